The zero-order valence-electron chi connectivity index (χ0n) is 10.2. The van der Waals surface area contributed by atoms with Crippen LogP contribution >= 0.6 is 0 Å². The summed E-state index contributed by atoms with van der Waals surface area (Å²) < 4.78 is 1.86. The van der Waals surface area contributed by atoms with E-state index in [1.807, 2.05) is 35.0 Å². The van der Waals surface area contributed by atoms with Crippen LogP contribution in [0.15, 0.2) is 30.3 Å². The summed E-state index contributed by atoms with van der Waals surface area (Å²) in [7, 11) is 0. The summed E-state index contributed by atoms with van der Waals surface area (Å²) >= 11 is 0. The summed E-state index contributed by atoms with van der Waals surface area (Å²) in [6, 6.07) is 10.1. The van der Waals surface area contributed by atoms with Gasteiger partial charge in [0.1, 0.15) is 5.82 Å². The fourth-order valence-corrected chi connectivity index (χ4v) is 2.35. The normalized spacial score (nSPS) is 22.7. The lowest BCUT2D eigenvalue weighted by atomic mass is 10.1. The topological polar surface area (TPSA) is 43.8 Å². The lowest BCUT2D eigenvalue weighted by Gasteiger charge is -2.02. The fourth-order valence-electron chi connectivity index (χ4n) is 2.35. The van der Waals surface area contributed by atoms with E-state index >= 15 is 0 Å². The highest BCUT2D eigenvalue weighted by atomic mass is 15.3. The zero-order chi connectivity index (χ0) is 12.0. The summed E-state index contributed by atoms with van der Waals surface area (Å²) in [5, 5.41) is 4.68. The largest absolute Gasteiger partial charge is 0.383 e. The SMILES string of the molecule is Cc1c(C2CC2C)nn(-c2ccccc2)c1N. The smallest absolute Gasteiger partial charge is 0.130 e. The number of hydrogen-bond acceptors (Lipinski definition) is 2. The molecule has 2 unspecified atom stereocenters. The Morgan fingerprint density at radius 3 is 2.53 bits per heavy atom. The van der Waals surface area contributed by atoms with E-state index < -0.39 is 0 Å². The number of nitrogens with zero attached hydrogens (tertiary/aromatic N) is 2. The highest BCUT2D eigenvalue weighted by Gasteiger charge is 2.38. The molecule has 1 aromatic heterocycles. The van der Waals surface area contributed by atoms with Gasteiger partial charge in [0.05, 0.1) is 11.4 Å². The monoisotopic (exact) mass is 227 g/mol. The van der Waals surface area contributed by atoms with Gasteiger partial charge in [-0.05, 0) is 31.4 Å². The molecule has 2 atom stereocenters. The van der Waals surface area contributed by atoms with Crippen molar-refractivity contribution in [3.8, 4) is 5.69 Å². The zero-order valence-corrected chi connectivity index (χ0v) is 10.2. The molecule has 1 heterocycles. The van der Waals surface area contributed by atoms with E-state index in [-0.39, 0.29) is 0 Å². The van der Waals surface area contributed by atoms with Gasteiger partial charge in [-0.1, -0.05) is 25.1 Å². The quantitative estimate of drug-likeness (QED) is 0.857. The van der Waals surface area contributed by atoms with Crippen molar-refractivity contribution in [3.05, 3.63) is 41.6 Å². The van der Waals surface area contributed by atoms with Gasteiger partial charge in [-0.3, -0.25) is 0 Å². The van der Waals surface area contributed by atoms with E-state index in [0.717, 1.165) is 23.0 Å². The third-order valence-electron chi connectivity index (χ3n) is 3.67. The number of nitrogen functional groups attached to an aromatic ring is 1. The Balaban J connectivity index is 2.07. The average molecular weight is 227 g/mol. The van der Waals surface area contributed by atoms with Gasteiger partial charge in [0.15, 0.2) is 0 Å². The third-order valence-corrected chi connectivity index (χ3v) is 3.67. The van der Waals surface area contributed by atoms with Gasteiger partial charge >= 0.3 is 0 Å². The van der Waals surface area contributed by atoms with E-state index in [9.17, 15) is 0 Å². The number of hydrogen-bond donors (Lipinski definition) is 1. The van der Waals surface area contributed by atoms with E-state index in [0.29, 0.717) is 5.92 Å². The number of rotatable bonds is 2. The second-order valence-corrected chi connectivity index (χ2v) is 4.96. The Labute approximate surface area is 101 Å². The van der Waals surface area contributed by atoms with E-state index in [1.54, 1.807) is 0 Å². The fraction of sp³-hybridized carbons (Fsp3) is 0.357. The highest BCUT2D eigenvalue weighted by Crippen LogP contribution is 2.48. The number of para-hydroxylation sites is 1. The molecule has 17 heavy (non-hydrogen) atoms. The minimum absolute atomic E-state index is 0.613. The van der Waals surface area contributed by atoms with E-state index in [4.69, 9.17) is 5.73 Å². The summed E-state index contributed by atoms with van der Waals surface area (Å²) in [6.07, 6.45) is 1.24. The molecule has 1 aliphatic carbocycles. The molecule has 1 saturated carbocycles. The predicted octanol–water partition coefficient (Wildman–Crippen LogP) is 2.89. The standard InChI is InChI=1S/C14H17N3/c1-9-8-12(9)13-10(2)14(15)17(16-13)11-6-4-3-5-7-11/h3-7,9,12H,8,15H2,1-2H3. The average Bonchev–Trinajstić information content (AvgIpc) is 2.99. The molecule has 1 aromatic carbocycles. The minimum atomic E-state index is 0.613. The van der Waals surface area contributed by atoms with Gasteiger partial charge in [-0.2, -0.15) is 5.10 Å². The van der Waals surface area contributed by atoms with Gasteiger partial charge in [0.25, 0.3) is 0 Å². The Kier molecular flexibility index (Phi) is 2.21. The van der Waals surface area contributed by atoms with Crippen molar-refractivity contribution in [1.29, 1.82) is 0 Å². The molecule has 0 radical (unpaired) electrons. The van der Waals surface area contributed by atoms with Crippen LogP contribution in [0.25, 0.3) is 5.69 Å². The van der Waals surface area contributed by atoms with Crippen LogP contribution in [-0.2, 0) is 0 Å². The van der Waals surface area contributed by atoms with Crippen molar-refractivity contribution in [2.45, 2.75) is 26.2 Å². The van der Waals surface area contributed by atoms with Crippen molar-refractivity contribution >= 4 is 5.82 Å². The third kappa shape index (κ3) is 1.62. The van der Waals surface area contributed by atoms with Gasteiger partial charge in [0.2, 0.25) is 0 Å². The molecule has 0 amide bonds. The van der Waals surface area contributed by atoms with Crippen LogP contribution in [0.3, 0.4) is 0 Å². The van der Waals surface area contributed by atoms with Crippen LogP contribution < -0.4 is 5.73 Å². The first-order valence-electron chi connectivity index (χ1n) is 6.09. The molecular weight excluding hydrogens is 210 g/mol. The van der Waals surface area contributed by atoms with Crippen LogP contribution in [0.5, 0.6) is 0 Å². The maximum Gasteiger partial charge on any atom is 0.130 e. The summed E-state index contributed by atoms with van der Waals surface area (Å²) in [5.74, 6) is 2.14. The molecule has 3 rings (SSSR count). The molecule has 0 spiro atoms. The maximum absolute atomic E-state index is 6.15. The van der Waals surface area contributed by atoms with Crippen molar-refractivity contribution < 1.29 is 0 Å². The molecular formula is C14H17N3. The Bertz CT molecular complexity index is 542. The Morgan fingerprint density at radius 1 is 1.29 bits per heavy atom. The first-order valence-corrected chi connectivity index (χ1v) is 6.09. The second kappa shape index (κ2) is 3.62. The summed E-state index contributed by atoms with van der Waals surface area (Å²) in [5.41, 5.74) is 9.50. The summed E-state index contributed by atoms with van der Waals surface area (Å²) in [6.45, 7) is 4.34. The summed E-state index contributed by atoms with van der Waals surface area (Å²) in [4.78, 5) is 0. The first kappa shape index (κ1) is 10.4. The molecule has 3 heteroatoms. The Hall–Kier alpha value is -1.77. The van der Waals surface area contributed by atoms with Gasteiger partial charge in [-0.15, -0.1) is 0 Å². The first-order chi connectivity index (χ1) is 8.18. The lowest BCUT2D eigenvalue weighted by Crippen LogP contribution is -2.01. The molecule has 1 aliphatic rings. The molecule has 0 saturated heterocycles. The molecule has 0 bridgehead atoms. The van der Waals surface area contributed by atoms with Gasteiger partial charge in [0, 0.05) is 11.5 Å². The van der Waals surface area contributed by atoms with Crippen molar-refractivity contribution in [2.24, 2.45) is 5.92 Å². The van der Waals surface area contributed by atoms with Crippen LogP contribution in [0.2, 0.25) is 0 Å². The molecule has 0 aliphatic heterocycles. The van der Waals surface area contributed by atoms with Crippen LogP contribution in [0.4, 0.5) is 5.82 Å². The highest BCUT2D eigenvalue weighted by molar-refractivity contribution is 5.50. The van der Waals surface area contributed by atoms with Gasteiger partial charge in [-0.25, -0.2) is 4.68 Å². The number of anilines is 1. The van der Waals surface area contributed by atoms with E-state index in [1.165, 1.54) is 12.1 Å². The van der Waals surface area contributed by atoms with E-state index in [2.05, 4.69) is 18.9 Å². The number of aromatic nitrogens is 2. The Morgan fingerprint density at radius 2 is 1.94 bits per heavy atom. The lowest BCUT2D eigenvalue weighted by molar-refractivity contribution is 0.814. The predicted molar refractivity (Wildman–Crippen MR) is 69.2 cm³/mol. The maximum atomic E-state index is 6.15. The molecule has 1 fully saturated rings. The molecule has 2 N–H and O–H groups in total. The van der Waals surface area contributed by atoms with Crippen molar-refractivity contribution in [1.82, 2.24) is 9.78 Å². The molecule has 2 aromatic rings. The molecule has 3 nitrogen and oxygen atoms in total. The van der Waals surface area contributed by atoms with Crippen LogP contribution in [-0.4, -0.2) is 9.78 Å². The van der Waals surface area contributed by atoms with Crippen molar-refractivity contribution in [3.63, 3.8) is 0 Å². The van der Waals surface area contributed by atoms with Crippen LogP contribution in [0.1, 0.15) is 30.5 Å². The van der Waals surface area contributed by atoms with Crippen molar-refractivity contribution in [2.75, 3.05) is 5.73 Å². The number of nitrogens with two attached hydrogens (primary N) is 1. The number of benzene rings is 1. The molecule has 88 valence electrons. The van der Waals surface area contributed by atoms with Gasteiger partial charge < -0.3 is 5.73 Å². The minimum Gasteiger partial charge on any atom is -0.383 e. The second-order valence-electron chi connectivity index (χ2n) is 4.96. The van der Waals surface area contributed by atoms with Crippen LogP contribution in [0, 0.1) is 12.8 Å².